The molecule has 50 heavy (non-hydrogen) atoms. The Kier molecular flexibility index (Phi) is 6.49. The second-order valence-electron chi connectivity index (χ2n) is 12.7. The lowest BCUT2D eigenvalue weighted by Crippen LogP contribution is -1.94. The molecule has 7 aromatic carbocycles. The van der Waals surface area contributed by atoms with Crippen molar-refractivity contribution in [3.63, 3.8) is 0 Å². The summed E-state index contributed by atoms with van der Waals surface area (Å²) in [5, 5.41) is 4.57. The first kappa shape index (κ1) is 28.3. The van der Waals surface area contributed by atoms with Gasteiger partial charge in [0.15, 0.2) is 0 Å². The number of para-hydroxylation sites is 4. The first-order valence-electron chi connectivity index (χ1n) is 17.0. The van der Waals surface area contributed by atoms with Gasteiger partial charge < -0.3 is 8.98 Å². The molecule has 3 heteroatoms. The summed E-state index contributed by atoms with van der Waals surface area (Å²) >= 11 is 0. The highest BCUT2D eigenvalue weighted by Gasteiger charge is 2.20. The zero-order chi connectivity index (χ0) is 33.0. The molecule has 0 atom stereocenters. The fourth-order valence-corrected chi connectivity index (χ4v) is 7.52. The number of rotatable bonds is 5. The summed E-state index contributed by atoms with van der Waals surface area (Å²) in [5.74, 6) is 0. The lowest BCUT2D eigenvalue weighted by Gasteiger charge is -2.13. The van der Waals surface area contributed by atoms with Gasteiger partial charge in [0.2, 0.25) is 0 Å². The molecule has 0 fully saturated rings. The largest absolute Gasteiger partial charge is 0.455 e. The van der Waals surface area contributed by atoms with Gasteiger partial charge in [-0.15, -0.1) is 0 Å². The highest BCUT2D eigenvalue weighted by atomic mass is 16.3. The molecule has 0 saturated carbocycles. The maximum atomic E-state index is 6.54. The van der Waals surface area contributed by atoms with E-state index in [1.165, 1.54) is 27.4 Å². The van der Waals surface area contributed by atoms with Crippen molar-refractivity contribution in [3.8, 4) is 50.5 Å². The van der Waals surface area contributed by atoms with Gasteiger partial charge in [-0.25, -0.2) is 4.98 Å². The predicted octanol–water partition coefficient (Wildman–Crippen LogP) is 12.7. The van der Waals surface area contributed by atoms with Crippen LogP contribution in [0.4, 0.5) is 0 Å². The quantitative estimate of drug-likeness (QED) is 0.188. The summed E-state index contributed by atoms with van der Waals surface area (Å²) in [5.41, 5.74) is 13.6. The second-order valence-corrected chi connectivity index (χ2v) is 12.7. The molecule has 0 aliphatic rings. The van der Waals surface area contributed by atoms with Gasteiger partial charge in [0.1, 0.15) is 11.2 Å². The lowest BCUT2D eigenvalue weighted by atomic mass is 9.95. The minimum Gasteiger partial charge on any atom is -0.455 e. The Balaban J connectivity index is 1.26. The van der Waals surface area contributed by atoms with Crippen molar-refractivity contribution in [1.82, 2.24) is 9.55 Å². The van der Waals surface area contributed by atoms with E-state index < -0.39 is 0 Å². The molecule has 3 heterocycles. The monoisotopic (exact) mass is 638 g/mol. The number of aromatic nitrogens is 2. The third kappa shape index (κ3) is 4.56. The van der Waals surface area contributed by atoms with E-state index in [-0.39, 0.29) is 0 Å². The van der Waals surface area contributed by atoms with E-state index in [4.69, 9.17) is 9.40 Å². The molecule has 0 aliphatic carbocycles. The van der Waals surface area contributed by atoms with Crippen LogP contribution < -0.4 is 0 Å². The lowest BCUT2D eigenvalue weighted by molar-refractivity contribution is 0.670. The van der Waals surface area contributed by atoms with E-state index in [2.05, 4.69) is 174 Å². The van der Waals surface area contributed by atoms with Gasteiger partial charge in [-0.1, -0.05) is 127 Å². The van der Waals surface area contributed by atoms with Crippen LogP contribution >= 0.6 is 0 Å². The van der Waals surface area contributed by atoms with Gasteiger partial charge in [-0.05, 0) is 76.9 Å². The molecule has 3 aromatic heterocycles. The number of pyridine rings is 1. The standard InChI is InChI=1S/C47H30N2O/c1-3-14-31(15-4-1)32-16-11-17-33(28-32)34-29-41(48-42(30-34)39-24-12-22-37-36-20-8-10-27-45(36)50-47(37)39)38-23-13-26-44-46(38)40-21-7-9-25-43(40)49(44)35-18-5-2-6-19-35/h1-30H. The van der Waals surface area contributed by atoms with Crippen LogP contribution in [0.25, 0.3) is 94.2 Å². The molecule has 3 nitrogen and oxygen atoms in total. The van der Waals surface area contributed by atoms with Crippen molar-refractivity contribution in [2.45, 2.75) is 0 Å². The maximum absolute atomic E-state index is 6.54. The average Bonchev–Trinajstić information content (AvgIpc) is 3.75. The smallest absolute Gasteiger partial charge is 0.144 e. The Morgan fingerprint density at radius 2 is 0.980 bits per heavy atom. The number of benzene rings is 7. The summed E-state index contributed by atoms with van der Waals surface area (Å²) in [7, 11) is 0. The van der Waals surface area contributed by atoms with Gasteiger partial charge in [0.25, 0.3) is 0 Å². The molecule has 0 radical (unpaired) electrons. The van der Waals surface area contributed by atoms with E-state index in [0.717, 1.165) is 66.8 Å². The molecule has 0 saturated heterocycles. The average molecular weight is 639 g/mol. The van der Waals surface area contributed by atoms with Crippen LogP contribution in [-0.2, 0) is 0 Å². The van der Waals surface area contributed by atoms with Crippen LogP contribution in [0.2, 0.25) is 0 Å². The number of hydrogen-bond acceptors (Lipinski definition) is 2. The fourth-order valence-electron chi connectivity index (χ4n) is 7.52. The van der Waals surface area contributed by atoms with E-state index in [1.807, 2.05) is 12.1 Å². The third-order valence-corrected chi connectivity index (χ3v) is 9.80. The van der Waals surface area contributed by atoms with Gasteiger partial charge in [-0.3, -0.25) is 0 Å². The van der Waals surface area contributed by atoms with Crippen molar-refractivity contribution in [2.24, 2.45) is 0 Å². The maximum Gasteiger partial charge on any atom is 0.144 e. The number of fused-ring (bicyclic) bond motifs is 6. The highest BCUT2D eigenvalue weighted by Crippen LogP contribution is 2.42. The zero-order valence-corrected chi connectivity index (χ0v) is 27.1. The van der Waals surface area contributed by atoms with Crippen molar-refractivity contribution >= 4 is 43.7 Å². The number of nitrogens with zero attached hydrogens (tertiary/aromatic N) is 2. The van der Waals surface area contributed by atoms with Crippen molar-refractivity contribution < 1.29 is 4.42 Å². The van der Waals surface area contributed by atoms with Crippen molar-refractivity contribution in [1.29, 1.82) is 0 Å². The van der Waals surface area contributed by atoms with Crippen LogP contribution in [0, 0.1) is 0 Å². The molecule has 0 bridgehead atoms. The number of furan rings is 1. The van der Waals surface area contributed by atoms with E-state index in [0.29, 0.717) is 0 Å². The minimum absolute atomic E-state index is 0.848. The van der Waals surface area contributed by atoms with Gasteiger partial charge in [-0.2, -0.15) is 0 Å². The van der Waals surface area contributed by atoms with Crippen LogP contribution in [0.3, 0.4) is 0 Å². The molecule has 10 rings (SSSR count). The third-order valence-electron chi connectivity index (χ3n) is 9.80. The summed E-state index contributed by atoms with van der Waals surface area (Å²) in [4.78, 5) is 5.47. The SMILES string of the molecule is c1ccc(-c2cccc(-c3cc(-c4cccc5c4oc4ccccc45)nc(-c4cccc5c4c4ccccc4n5-c4ccccc4)c3)c2)cc1. The molecule has 0 aliphatic heterocycles. The Morgan fingerprint density at radius 3 is 1.82 bits per heavy atom. The topological polar surface area (TPSA) is 31.0 Å². The fraction of sp³-hybridized carbons (Fsp3) is 0. The minimum atomic E-state index is 0.848. The van der Waals surface area contributed by atoms with Crippen molar-refractivity contribution in [2.75, 3.05) is 0 Å². The van der Waals surface area contributed by atoms with Crippen LogP contribution in [0.15, 0.2) is 186 Å². The van der Waals surface area contributed by atoms with Gasteiger partial charge in [0, 0.05) is 38.4 Å². The zero-order valence-electron chi connectivity index (χ0n) is 27.1. The number of hydrogen-bond donors (Lipinski definition) is 0. The first-order chi connectivity index (χ1) is 24.8. The molecule has 234 valence electrons. The van der Waals surface area contributed by atoms with Gasteiger partial charge >= 0.3 is 0 Å². The summed E-state index contributed by atoms with van der Waals surface area (Å²) in [6.07, 6.45) is 0. The Hall–Kier alpha value is -6.71. The van der Waals surface area contributed by atoms with Gasteiger partial charge in [0.05, 0.1) is 22.4 Å². The van der Waals surface area contributed by atoms with Crippen LogP contribution in [-0.4, -0.2) is 9.55 Å². The highest BCUT2D eigenvalue weighted by molar-refractivity contribution is 6.16. The summed E-state index contributed by atoms with van der Waals surface area (Å²) < 4.78 is 8.90. The molecule has 0 unspecified atom stereocenters. The van der Waals surface area contributed by atoms with Crippen molar-refractivity contribution in [3.05, 3.63) is 182 Å². The van der Waals surface area contributed by atoms with E-state index >= 15 is 0 Å². The Labute approximate surface area is 289 Å². The van der Waals surface area contributed by atoms with E-state index in [9.17, 15) is 0 Å². The van der Waals surface area contributed by atoms with E-state index in [1.54, 1.807) is 0 Å². The molecule has 0 amide bonds. The summed E-state index contributed by atoms with van der Waals surface area (Å²) in [6, 6.07) is 64.3. The first-order valence-corrected chi connectivity index (χ1v) is 17.0. The summed E-state index contributed by atoms with van der Waals surface area (Å²) in [6.45, 7) is 0. The molecule has 0 spiro atoms. The predicted molar refractivity (Wildman–Crippen MR) is 208 cm³/mol. The molecule has 0 N–H and O–H groups in total. The Morgan fingerprint density at radius 1 is 0.400 bits per heavy atom. The normalized spacial score (nSPS) is 11.6. The molecule has 10 aromatic rings. The Bertz CT molecular complexity index is 2860. The van der Waals surface area contributed by atoms with Crippen LogP contribution in [0.5, 0.6) is 0 Å². The second kappa shape index (κ2) is 11.5. The molecular weight excluding hydrogens is 609 g/mol. The molecular formula is C47H30N2O. The van der Waals surface area contributed by atoms with Crippen LogP contribution in [0.1, 0.15) is 0 Å².